The first-order valence-electron chi connectivity index (χ1n) is 7.00. The molecule has 4 unspecified atom stereocenters. The molecule has 0 bridgehead atoms. The molecule has 0 aromatic carbocycles. The zero-order valence-electron chi connectivity index (χ0n) is 11.7. The topological polar surface area (TPSA) is 55.1 Å². The van der Waals surface area contributed by atoms with Gasteiger partial charge in [0.05, 0.1) is 0 Å². The summed E-state index contributed by atoms with van der Waals surface area (Å²) in [6.45, 7) is 8.63. The summed E-state index contributed by atoms with van der Waals surface area (Å²) in [7, 11) is 0. The first kappa shape index (κ1) is 14.5. The lowest BCUT2D eigenvalue weighted by molar-refractivity contribution is -0.127. The minimum atomic E-state index is 0.126. The van der Waals surface area contributed by atoms with E-state index in [2.05, 4.69) is 33.0 Å². The maximum atomic E-state index is 12.2. The normalized spacial score (nSPS) is 31.3. The van der Waals surface area contributed by atoms with Gasteiger partial charge in [0, 0.05) is 18.0 Å². The standard InChI is InChI=1S/C14H28N2O/c1-5-13(9(2)3)16-14(17)11-6-10(4)7-12(15)8-11/h9-13H,5-8,15H2,1-4H3,(H,16,17). The van der Waals surface area contributed by atoms with Gasteiger partial charge in [-0.25, -0.2) is 0 Å². The monoisotopic (exact) mass is 240 g/mol. The van der Waals surface area contributed by atoms with E-state index in [9.17, 15) is 4.79 Å². The number of amides is 1. The third kappa shape index (κ3) is 4.30. The fraction of sp³-hybridized carbons (Fsp3) is 0.929. The average Bonchev–Trinajstić information content (AvgIpc) is 2.23. The second kappa shape index (κ2) is 6.39. The average molecular weight is 240 g/mol. The molecule has 0 aromatic rings. The zero-order chi connectivity index (χ0) is 13.0. The van der Waals surface area contributed by atoms with Crippen LogP contribution in [0.5, 0.6) is 0 Å². The predicted molar refractivity (Wildman–Crippen MR) is 71.5 cm³/mol. The summed E-state index contributed by atoms with van der Waals surface area (Å²) >= 11 is 0. The molecule has 0 heterocycles. The Bertz CT molecular complexity index is 243. The Morgan fingerprint density at radius 2 is 2.00 bits per heavy atom. The lowest BCUT2D eigenvalue weighted by atomic mass is 9.79. The second-order valence-corrected chi connectivity index (χ2v) is 6.04. The van der Waals surface area contributed by atoms with Gasteiger partial charge in [0.1, 0.15) is 0 Å². The van der Waals surface area contributed by atoms with Gasteiger partial charge in [0.2, 0.25) is 5.91 Å². The van der Waals surface area contributed by atoms with Crippen LogP contribution in [-0.4, -0.2) is 18.0 Å². The Morgan fingerprint density at radius 3 is 2.47 bits per heavy atom. The lowest BCUT2D eigenvalue weighted by Crippen LogP contribution is -2.45. The fourth-order valence-corrected chi connectivity index (χ4v) is 2.91. The number of nitrogens with one attached hydrogen (secondary N) is 1. The molecule has 1 saturated carbocycles. The van der Waals surface area contributed by atoms with Crippen LogP contribution in [0.15, 0.2) is 0 Å². The predicted octanol–water partition coefficient (Wildman–Crippen LogP) is 2.30. The summed E-state index contributed by atoms with van der Waals surface area (Å²) in [6.07, 6.45) is 3.90. The SMILES string of the molecule is CCC(NC(=O)C1CC(C)CC(N)C1)C(C)C. The number of hydrogen-bond donors (Lipinski definition) is 2. The van der Waals surface area contributed by atoms with Gasteiger partial charge in [-0.3, -0.25) is 4.79 Å². The van der Waals surface area contributed by atoms with Gasteiger partial charge >= 0.3 is 0 Å². The van der Waals surface area contributed by atoms with E-state index >= 15 is 0 Å². The van der Waals surface area contributed by atoms with Crippen molar-refractivity contribution < 1.29 is 4.79 Å². The van der Waals surface area contributed by atoms with Crippen LogP contribution in [-0.2, 0) is 4.79 Å². The van der Waals surface area contributed by atoms with Crippen LogP contribution >= 0.6 is 0 Å². The molecule has 4 atom stereocenters. The van der Waals surface area contributed by atoms with Crippen LogP contribution in [0.3, 0.4) is 0 Å². The molecule has 17 heavy (non-hydrogen) atoms. The Labute approximate surface area is 106 Å². The van der Waals surface area contributed by atoms with Crippen molar-refractivity contribution in [1.29, 1.82) is 0 Å². The van der Waals surface area contributed by atoms with Gasteiger partial charge < -0.3 is 11.1 Å². The highest BCUT2D eigenvalue weighted by atomic mass is 16.1. The van der Waals surface area contributed by atoms with Crippen LogP contribution in [0.25, 0.3) is 0 Å². The fourth-order valence-electron chi connectivity index (χ4n) is 2.91. The quantitative estimate of drug-likeness (QED) is 0.792. The van der Waals surface area contributed by atoms with Crippen LogP contribution in [0.4, 0.5) is 0 Å². The van der Waals surface area contributed by atoms with Crippen LogP contribution < -0.4 is 11.1 Å². The van der Waals surface area contributed by atoms with Gasteiger partial charge in [-0.2, -0.15) is 0 Å². The summed E-state index contributed by atoms with van der Waals surface area (Å²) in [4.78, 5) is 12.2. The van der Waals surface area contributed by atoms with E-state index in [-0.39, 0.29) is 17.9 Å². The Hall–Kier alpha value is -0.570. The van der Waals surface area contributed by atoms with E-state index in [0.717, 1.165) is 25.7 Å². The molecule has 3 heteroatoms. The lowest BCUT2D eigenvalue weighted by Gasteiger charge is -2.32. The minimum Gasteiger partial charge on any atom is -0.353 e. The van der Waals surface area contributed by atoms with Crippen molar-refractivity contribution in [2.75, 3.05) is 0 Å². The van der Waals surface area contributed by atoms with Gasteiger partial charge in [-0.1, -0.05) is 27.7 Å². The molecule has 0 spiro atoms. The minimum absolute atomic E-state index is 0.126. The number of carbonyl (C=O) groups is 1. The van der Waals surface area contributed by atoms with E-state index in [1.54, 1.807) is 0 Å². The van der Waals surface area contributed by atoms with Crippen molar-refractivity contribution in [2.24, 2.45) is 23.5 Å². The van der Waals surface area contributed by atoms with Crippen molar-refractivity contribution in [3.8, 4) is 0 Å². The molecule has 100 valence electrons. The molecule has 0 aliphatic heterocycles. The molecular weight excluding hydrogens is 212 g/mol. The summed E-state index contributed by atoms with van der Waals surface area (Å²) < 4.78 is 0. The first-order valence-corrected chi connectivity index (χ1v) is 7.00. The molecule has 1 rings (SSSR count). The Balaban J connectivity index is 2.51. The third-order valence-corrected chi connectivity index (χ3v) is 3.92. The first-order chi connectivity index (χ1) is 7.93. The van der Waals surface area contributed by atoms with Gasteiger partial charge in [0.15, 0.2) is 0 Å². The van der Waals surface area contributed by atoms with E-state index in [1.807, 2.05) is 0 Å². The molecule has 3 N–H and O–H groups in total. The molecule has 1 aliphatic carbocycles. The van der Waals surface area contributed by atoms with Crippen LogP contribution in [0, 0.1) is 17.8 Å². The van der Waals surface area contributed by atoms with Crippen molar-refractivity contribution >= 4 is 5.91 Å². The number of nitrogens with two attached hydrogens (primary N) is 1. The highest BCUT2D eigenvalue weighted by Gasteiger charge is 2.30. The van der Waals surface area contributed by atoms with Crippen molar-refractivity contribution in [1.82, 2.24) is 5.32 Å². The smallest absolute Gasteiger partial charge is 0.223 e. The van der Waals surface area contributed by atoms with Gasteiger partial charge in [-0.15, -0.1) is 0 Å². The Morgan fingerprint density at radius 1 is 1.35 bits per heavy atom. The number of carbonyl (C=O) groups excluding carboxylic acids is 1. The van der Waals surface area contributed by atoms with Crippen molar-refractivity contribution in [3.05, 3.63) is 0 Å². The van der Waals surface area contributed by atoms with Crippen molar-refractivity contribution in [3.63, 3.8) is 0 Å². The zero-order valence-corrected chi connectivity index (χ0v) is 11.7. The highest BCUT2D eigenvalue weighted by Crippen LogP contribution is 2.28. The summed E-state index contributed by atoms with van der Waals surface area (Å²) in [6, 6.07) is 0.504. The van der Waals surface area contributed by atoms with Crippen LogP contribution in [0.2, 0.25) is 0 Å². The Kier molecular flexibility index (Phi) is 5.44. The molecule has 0 radical (unpaired) electrons. The maximum Gasteiger partial charge on any atom is 0.223 e. The summed E-state index contributed by atoms with van der Waals surface area (Å²) in [5.74, 6) is 1.42. The summed E-state index contributed by atoms with van der Waals surface area (Å²) in [5.41, 5.74) is 6.00. The third-order valence-electron chi connectivity index (χ3n) is 3.92. The molecule has 1 aliphatic rings. The molecule has 3 nitrogen and oxygen atoms in total. The largest absolute Gasteiger partial charge is 0.353 e. The van der Waals surface area contributed by atoms with Crippen molar-refractivity contribution in [2.45, 2.75) is 65.5 Å². The molecule has 1 amide bonds. The van der Waals surface area contributed by atoms with Gasteiger partial charge in [-0.05, 0) is 37.5 Å². The highest BCUT2D eigenvalue weighted by molar-refractivity contribution is 5.79. The maximum absolute atomic E-state index is 12.2. The van der Waals surface area contributed by atoms with Gasteiger partial charge in [0.25, 0.3) is 0 Å². The molecular formula is C14H28N2O. The second-order valence-electron chi connectivity index (χ2n) is 6.04. The molecule has 1 fully saturated rings. The number of rotatable bonds is 4. The van der Waals surface area contributed by atoms with Crippen LogP contribution in [0.1, 0.15) is 53.4 Å². The van der Waals surface area contributed by atoms with E-state index in [1.165, 1.54) is 0 Å². The number of hydrogen-bond acceptors (Lipinski definition) is 2. The summed E-state index contributed by atoms with van der Waals surface area (Å²) in [5, 5.41) is 3.18. The van der Waals surface area contributed by atoms with E-state index in [4.69, 9.17) is 5.73 Å². The molecule has 0 aromatic heterocycles. The van der Waals surface area contributed by atoms with E-state index in [0.29, 0.717) is 17.9 Å². The van der Waals surface area contributed by atoms with E-state index < -0.39 is 0 Å². The molecule has 0 saturated heterocycles.